The molecule has 198 valence electrons. The number of likely N-dealkylation sites (N-methyl/N-ethyl adjacent to an activating group) is 1. The highest BCUT2D eigenvalue weighted by atomic mass is 15.2. The number of hydrogen-bond donors (Lipinski definition) is 3. The summed E-state index contributed by atoms with van der Waals surface area (Å²) in [4.78, 5) is 25.7. The molecule has 7 nitrogen and oxygen atoms in total. The number of rotatable bonds is 6. The lowest BCUT2D eigenvalue weighted by atomic mass is 9.96. The maximum atomic E-state index is 4.93. The highest BCUT2D eigenvalue weighted by molar-refractivity contribution is 5.85. The van der Waals surface area contributed by atoms with Crippen LogP contribution < -0.4 is 0 Å². The number of benzene rings is 3. The van der Waals surface area contributed by atoms with Gasteiger partial charge in [-0.25, -0.2) is 9.97 Å². The quantitative estimate of drug-likeness (QED) is 0.257. The molecule has 7 rings (SSSR count). The Kier molecular flexibility index (Phi) is 5.79. The average Bonchev–Trinajstić information content (AvgIpc) is 3.57. The lowest BCUT2D eigenvalue weighted by molar-refractivity contribution is 0.133. The van der Waals surface area contributed by atoms with Gasteiger partial charge in [-0.2, -0.15) is 0 Å². The fraction of sp³-hybridized carbons (Fsp3) is 0.312. The van der Waals surface area contributed by atoms with Gasteiger partial charge < -0.3 is 15.0 Å². The number of fused-ring (bicyclic) bond motifs is 5. The highest BCUT2D eigenvalue weighted by Gasteiger charge is 2.29. The Morgan fingerprint density at radius 2 is 1.33 bits per heavy atom. The Morgan fingerprint density at radius 1 is 0.769 bits per heavy atom. The van der Waals surface area contributed by atoms with E-state index in [0.717, 1.165) is 66.3 Å². The van der Waals surface area contributed by atoms with E-state index in [2.05, 4.69) is 107 Å². The zero-order chi connectivity index (χ0) is 26.7. The van der Waals surface area contributed by atoms with Crippen molar-refractivity contribution in [1.82, 2.24) is 34.7 Å². The minimum Gasteiger partial charge on any atom is -0.357 e. The van der Waals surface area contributed by atoms with E-state index < -0.39 is 0 Å². The Balaban J connectivity index is 1.20. The molecule has 0 amide bonds. The third-order valence-electron chi connectivity index (χ3n) is 8.21. The first kappa shape index (κ1) is 24.1. The number of aromatic amines is 3. The van der Waals surface area contributed by atoms with Gasteiger partial charge in [0.2, 0.25) is 0 Å². The minimum atomic E-state index is 0.385. The van der Waals surface area contributed by atoms with Gasteiger partial charge in [0.1, 0.15) is 11.6 Å². The zero-order valence-electron chi connectivity index (χ0n) is 23.1. The Bertz CT molecular complexity index is 1740. The zero-order valence-corrected chi connectivity index (χ0v) is 23.1. The van der Waals surface area contributed by atoms with Crippen LogP contribution in [0.15, 0.2) is 54.6 Å². The fourth-order valence-electron chi connectivity index (χ4n) is 6.18. The van der Waals surface area contributed by atoms with Crippen LogP contribution in [0.2, 0.25) is 0 Å². The van der Waals surface area contributed by atoms with Crippen LogP contribution in [0, 0.1) is 20.8 Å². The van der Waals surface area contributed by atoms with Gasteiger partial charge in [0.15, 0.2) is 0 Å². The van der Waals surface area contributed by atoms with Crippen LogP contribution in [0.5, 0.6) is 0 Å². The summed E-state index contributed by atoms with van der Waals surface area (Å²) in [5, 5.41) is 1.36. The predicted octanol–water partition coefficient (Wildman–Crippen LogP) is 5.90. The standard InChI is InChI=1S/C32H35N7/c1-19-5-8-23-24-14-22(38(4)16-30(24)33-27(23)11-19)15-39(17-31-34-25-9-6-20(2)12-28(25)36-31)18-32-35-26-10-7-21(3)13-29(26)37-32/h5-13,22,33H,14-18H2,1-4H3,(H,34,36)(H,35,37). The van der Waals surface area contributed by atoms with E-state index in [4.69, 9.17) is 9.97 Å². The fourth-order valence-corrected chi connectivity index (χ4v) is 6.18. The molecule has 0 aliphatic carbocycles. The number of hydrogen-bond acceptors (Lipinski definition) is 4. The molecule has 1 atom stereocenters. The first-order valence-electron chi connectivity index (χ1n) is 13.8. The third kappa shape index (κ3) is 4.62. The molecule has 3 aromatic heterocycles. The van der Waals surface area contributed by atoms with E-state index in [1.807, 2.05) is 0 Å². The Morgan fingerprint density at radius 3 is 1.95 bits per heavy atom. The molecule has 1 unspecified atom stereocenters. The van der Waals surface area contributed by atoms with Crippen LogP contribution in [-0.4, -0.2) is 54.4 Å². The molecule has 1 aliphatic heterocycles. The molecule has 0 saturated carbocycles. The van der Waals surface area contributed by atoms with E-state index >= 15 is 0 Å². The smallest absolute Gasteiger partial charge is 0.121 e. The van der Waals surface area contributed by atoms with Crippen molar-refractivity contribution in [2.75, 3.05) is 13.6 Å². The van der Waals surface area contributed by atoms with E-state index in [9.17, 15) is 0 Å². The van der Waals surface area contributed by atoms with E-state index in [1.165, 1.54) is 38.9 Å². The third-order valence-corrected chi connectivity index (χ3v) is 8.21. The average molecular weight is 518 g/mol. The molecule has 0 saturated heterocycles. The molecule has 0 radical (unpaired) electrons. The van der Waals surface area contributed by atoms with Gasteiger partial charge in [0, 0.05) is 35.7 Å². The van der Waals surface area contributed by atoms with Crippen molar-refractivity contribution in [2.45, 2.75) is 52.9 Å². The molecule has 4 heterocycles. The second-order valence-electron chi connectivity index (χ2n) is 11.5. The predicted molar refractivity (Wildman–Crippen MR) is 158 cm³/mol. The summed E-state index contributed by atoms with van der Waals surface area (Å²) in [6.07, 6.45) is 1.02. The van der Waals surface area contributed by atoms with Crippen LogP contribution in [0.3, 0.4) is 0 Å². The number of H-pyrrole nitrogens is 3. The van der Waals surface area contributed by atoms with Crippen molar-refractivity contribution in [3.63, 3.8) is 0 Å². The summed E-state index contributed by atoms with van der Waals surface area (Å²) < 4.78 is 0. The summed E-state index contributed by atoms with van der Waals surface area (Å²) in [7, 11) is 2.25. The summed E-state index contributed by atoms with van der Waals surface area (Å²) in [5.41, 5.74) is 12.1. The van der Waals surface area contributed by atoms with Crippen LogP contribution in [-0.2, 0) is 26.1 Å². The monoisotopic (exact) mass is 517 g/mol. The lowest BCUT2D eigenvalue weighted by Crippen LogP contribution is -2.45. The van der Waals surface area contributed by atoms with Crippen molar-refractivity contribution < 1.29 is 0 Å². The topological polar surface area (TPSA) is 79.6 Å². The molecule has 3 N–H and O–H groups in total. The molecular weight excluding hydrogens is 482 g/mol. The first-order chi connectivity index (χ1) is 18.9. The van der Waals surface area contributed by atoms with Crippen LogP contribution >= 0.6 is 0 Å². The molecule has 39 heavy (non-hydrogen) atoms. The van der Waals surface area contributed by atoms with Crippen molar-refractivity contribution in [3.8, 4) is 0 Å². The molecule has 0 fully saturated rings. The molecule has 0 spiro atoms. The largest absolute Gasteiger partial charge is 0.357 e. The molecule has 1 aliphatic rings. The molecule has 3 aromatic carbocycles. The molecule has 0 bridgehead atoms. The van der Waals surface area contributed by atoms with Crippen molar-refractivity contribution in [2.24, 2.45) is 0 Å². The van der Waals surface area contributed by atoms with Crippen LogP contribution in [0.4, 0.5) is 0 Å². The van der Waals surface area contributed by atoms with E-state index in [-0.39, 0.29) is 0 Å². The van der Waals surface area contributed by atoms with E-state index in [0.29, 0.717) is 6.04 Å². The minimum absolute atomic E-state index is 0.385. The van der Waals surface area contributed by atoms with Crippen molar-refractivity contribution >= 4 is 33.0 Å². The summed E-state index contributed by atoms with van der Waals surface area (Å²) in [6, 6.07) is 20.0. The number of aromatic nitrogens is 5. The molecule has 6 aromatic rings. The second kappa shape index (κ2) is 9.36. The van der Waals surface area contributed by atoms with Gasteiger partial charge >= 0.3 is 0 Å². The summed E-state index contributed by atoms with van der Waals surface area (Å²) in [5.74, 6) is 1.98. The van der Waals surface area contributed by atoms with Crippen LogP contribution in [0.1, 0.15) is 39.6 Å². The second-order valence-corrected chi connectivity index (χ2v) is 11.5. The summed E-state index contributed by atoms with van der Waals surface area (Å²) in [6.45, 7) is 9.70. The van der Waals surface area contributed by atoms with Crippen LogP contribution in [0.25, 0.3) is 33.0 Å². The van der Waals surface area contributed by atoms with E-state index in [1.54, 1.807) is 0 Å². The van der Waals surface area contributed by atoms with Gasteiger partial charge in [-0.05, 0) is 86.8 Å². The SMILES string of the molecule is Cc1ccc2nc(CN(Cc3nc4ccc(C)cc4[nH]3)CC3Cc4c([nH]c5cc(C)ccc45)CN3C)[nH]c2c1. The van der Waals surface area contributed by atoms with Crippen molar-refractivity contribution in [1.29, 1.82) is 0 Å². The number of aryl methyl sites for hydroxylation is 3. The van der Waals surface area contributed by atoms with Gasteiger partial charge in [0.25, 0.3) is 0 Å². The summed E-state index contributed by atoms with van der Waals surface area (Å²) >= 11 is 0. The molecule has 7 heteroatoms. The van der Waals surface area contributed by atoms with Gasteiger partial charge in [-0.15, -0.1) is 0 Å². The van der Waals surface area contributed by atoms with Crippen molar-refractivity contribution in [3.05, 3.63) is 94.2 Å². The van der Waals surface area contributed by atoms with Gasteiger partial charge in [-0.1, -0.05) is 24.3 Å². The lowest BCUT2D eigenvalue weighted by Gasteiger charge is -2.36. The maximum Gasteiger partial charge on any atom is 0.121 e. The Hall–Kier alpha value is -3.94. The number of imidazole rings is 2. The normalized spacial score (nSPS) is 16.2. The number of nitrogens with one attached hydrogen (secondary N) is 3. The Labute approximate surface area is 228 Å². The number of nitrogens with zero attached hydrogens (tertiary/aromatic N) is 4. The maximum absolute atomic E-state index is 4.93. The van der Waals surface area contributed by atoms with Gasteiger partial charge in [-0.3, -0.25) is 9.80 Å². The highest BCUT2D eigenvalue weighted by Crippen LogP contribution is 2.31. The van der Waals surface area contributed by atoms with Gasteiger partial charge in [0.05, 0.1) is 35.2 Å². The molecular formula is C32H35N7. The first-order valence-corrected chi connectivity index (χ1v) is 13.8.